The molecule has 0 saturated carbocycles. The standard InChI is InChI=1S/C14H20N2O/c1-9-13-8-12(15-10(2)16(3)4)6-5-11(13)7-14(9)17/h5-6,8-9,14,17H,7H2,1-4H3. The third-order valence-electron chi connectivity index (χ3n) is 3.56. The summed E-state index contributed by atoms with van der Waals surface area (Å²) in [5.74, 6) is 1.20. The van der Waals surface area contributed by atoms with Gasteiger partial charge < -0.3 is 10.0 Å². The number of aliphatic hydroxyl groups is 1. The van der Waals surface area contributed by atoms with E-state index in [1.807, 2.05) is 32.0 Å². The fraction of sp³-hybridized carbons (Fsp3) is 0.500. The topological polar surface area (TPSA) is 35.8 Å². The van der Waals surface area contributed by atoms with Gasteiger partial charge in [0.15, 0.2) is 0 Å². The van der Waals surface area contributed by atoms with E-state index in [1.54, 1.807) is 0 Å². The summed E-state index contributed by atoms with van der Waals surface area (Å²) in [7, 11) is 3.97. The molecule has 1 aromatic carbocycles. The Morgan fingerprint density at radius 2 is 2.12 bits per heavy atom. The molecule has 3 nitrogen and oxygen atoms in total. The molecule has 0 heterocycles. The average Bonchev–Trinajstić information content (AvgIpc) is 2.55. The van der Waals surface area contributed by atoms with Crippen molar-refractivity contribution in [2.45, 2.75) is 32.3 Å². The summed E-state index contributed by atoms with van der Waals surface area (Å²) in [4.78, 5) is 6.55. The molecule has 0 saturated heterocycles. The lowest BCUT2D eigenvalue weighted by Gasteiger charge is -2.12. The molecule has 0 aromatic heterocycles. The predicted octanol–water partition coefficient (Wildman–Crippen LogP) is 2.32. The summed E-state index contributed by atoms with van der Waals surface area (Å²) in [6, 6.07) is 6.21. The van der Waals surface area contributed by atoms with E-state index in [0.717, 1.165) is 17.9 Å². The van der Waals surface area contributed by atoms with Gasteiger partial charge in [0.2, 0.25) is 0 Å². The van der Waals surface area contributed by atoms with Crippen molar-refractivity contribution in [3.63, 3.8) is 0 Å². The Balaban J connectivity index is 2.33. The summed E-state index contributed by atoms with van der Waals surface area (Å²) in [6.45, 7) is 4.06. The number of aliphatic imine (C=N–C) groups is 1. The van der Waals surface area contributed by atoms with Gasteiger partial charge in [-0.15, -0.1) is 0 Å². The zero-order valence-electron chi connectivity index (χ0n) is 10.9. The van der Waals surface area contributed by atoms with Gasteiger partial charge >= 0.3 is 0 Å². The van der Waals surface area contributed by atoms with Gasteiger partial charge in [-0.25, -0.2) is 4.99 Å². The van der Waals surface area contributed by atoms with Crippen LogP contribution in [0.25, 0.3) is 0 Å². The Morgan fingerprint density at radius 3 is 2.76 bits per heavy atom. The summed E-state index contributed by atoms with van der Waals surface area (Å²) < 4.78 is 0. The number of rotatable bonds is 1. The van der Waals surface area contributed by atoms with Crippen LogP contribution in [0.3, 0.4) is 0 Å². The molecule has 0 radical (unpaired) electrons. The second kappa shape index (κ2) is 4.49. The van der Waals surface area contributed by atoms with E-state index in [2.05, 4.69) is 24.0 Å². The van der Waals surface area contributed by atoms with E-state index in [1.165, 1.54) is 11.1 Å². The maximum atomic E-state index is 9.84. The molecule has 0 aliphatic heterocycles. The number of benzene rings is 1. The van der Waals surface area contributed by atoms with Crippen molar-refractivity contribution in [2.24, 2.45) is 4.99 Å². The van der Waals surface area contributed by atoms with Crippen LogP contribution in [0.15, 0.2) is 23.2 Å². The molecule has 17 heavy (non-hydrogen) atoms. The number of hydrogen-bond donors (Lipinski definition) is 1. The van der Waals surface area contributed by atoms with Crippen molar-refractivity contribution in [3.05, 3.63) is 29.3 Å². The molecule has 2 unspecified atom stereocenters. The lowest BCUT2D eigenvalue weighted by molar-refractivity contribution is 0.163. The molecule has 0 amide bonds. The van der Waals surface area contributed by atoms with E-state index in [-0.39, 0.29) is 12.0 Å². The molecule has 0 spiro atoms. The maximum absolute atomic E-state index is 9.84. The van der Waals surface area contributed by atoms with Crippen molar-refractivity contribution in [1.29, 1.82) is 0 Å². The fourth-order valence-corrected chi connectivity index (χ4v) is 2.16. The maximum Gasteiger partial charge on any atom is 0.101 e. The minimum Gasteiger partial charge on any atom is -0.392 e. The van der Waals surface area contributed by atoms with Crippen LogP contribution in [0.1, 0.15) is 30.9 Å². The third kappa shape index (κ3) is 2.34. The van der Waals surface area contributed by atoms with Gasteiger partial charge in [0.05, 0.1) is 11.8 Å². The highest BCUT2D eigenvalue weighted by Crippen LogP contribution is 2.35. The van der Waals surface area contributed by atoms with Gasteiger partial charge in [-0.05, 0) is 36.6 Å². The van der Waals surface area contributed by atoms with Crippen LogP contribution >= 0.6 is 0 Å². The molecular formula is C14H20N2O. The summed E-state index contributed by atoms with van der Waals surface area (Å²) in [5, 5.41) is 9.84. The molecule has 1 N–H and O–H groups in total. The van der Waals surface area contributed by atoms with Gasteiger partial charge in [0.1, 0.15) is 5.84 Å². The SMILES string of the molecule is CC(=Nc1ccc2c(c1)C(C)C(O)C2)N(C)C. The number of fused-ring (bicyclic) bond motifs is 1. The number of nitrogens with zero attached hydrogens (tertiary/aromatic N) is 2. The first-order chi connectivity index (χ1) is 7.99. The van der Waals surface area contributed by atoms with Crippen LogP contribution < -0.4 is 0 Å². The summed E-state index contributed by atoms with van der Waals surface area (Å²) in [6.07, 6.45) is 0.534. The molecule has 1 aliphatic rings. The lowest BCUT2D eigenvalue weighted by Crippen LogP contribution is -2.17. The molecule has 1 aliphatic carbocycles. The van der Waals surface area contributed by atoms with Gasteiger partial charge in [-0.2, -0.15) is 0 Å². The highest BCUT2D eigenvalue weighted by molar-refractivity contribution is 5.82. The van der Waals surface area contributed by atoms with E-state index in [4.69, 9.17) is 0 Å². The third-order valence-corrected chi connectivity index (χ3v) is 3.56. The molecule has 1 aromatic rings. The van der Waals surface area contributed by atoms with E-state index in [0.29, 0.717) is 0 Å². The number of amidine groups is 1. The highest BCUT2D eigenvalue weighted by atomic mass is 16.3. The van der Waals surface area contributed by atoms with E-state index in [9.17, 15) is 5.11 Å². The molecule has 2 rings (SSSR count). The first-order valence-electron chi connectivity index (χ1n) is 6.02. The van der Waals surface area contributed by atoms with Crippen molar-refractivity contribution < 1.29 is 5.11 Å². The van der Waals surface area contributed by atoms with Gasteiger partial charge in [0, 0.05) is 20.0 Å². The summed E-state index contributed by atoms with van der Waals surface area (Å²) >= 11 is 0. The molecule has 2 atom stereocenters. The van der Waals surface area contributed by atoms with Crippen molar-refractivity contribution in [1.82, 2.24) is 4.90 Å². The molecular weight excluding hydrogens is 212 g/mol. The normalized spacial score (nSPS) is 23.7. The average molecular weight is 232 g/mol. The Kier molecular flexibility index (Phi) is 3.20. The zero-order valence-corrected chi connectivity index (χ0v) is 10.9. The number of aliphatic hydroxyl groups excluding tert-OH is 1. The Bertz CT molecular complexity index is 452. The molecule has 3 heteroatoms. The lowest BCUT2D eigenvalue weighted by atomic mass is 10.0. The smallest absolute Gasteiger partial charge is 0.101 e. The molecule has 0 bridgehead atoms. The van der Waals surface area contributed by atoms with Crippen LogP contribution in [0.5, 0.6) is 0 Å². The Morgan fingerprint density at radius 1 is 1.41 bits per heavy atom. The quantitative estimate of drug-likeness (QED) is 0.596. The fourth-order valence-electron chi connectivity index (χ4n) is 2.16. The van der Waals surface area contributed by atoms with Crippen LogP contribution in [-0.2, 0) is 6.42 Å². The minimum atomic E-state index is -0.237. The van der Waals surface area contributed by atoms with Crippen molar-refractivity contribution in [3.8, 4) is 0 Å². The monoisotopic (exact) mass is 232 g/mol. The van der Waals surface area contributed by atoms with Crippen LogP contribution in [0.2, 0.25) is 0 Å². The van der Waals surface area contributed by atoms with Crippen molar-refractivity contribution in [2.75, 3.05) is 14.1 Å². The summed E-state index contributed by atoms with van der Waals surface area (Å²) in [5.41, 5.74) is 3.47. The largest absolute Gasteiger partial charge is 0.392 e. The zero-order chi connectivity index (χ0) is 12.6. The second-order valence-corrected chi connectivity index (χ2v) is 5.00. The highest BCUT2D eigenvalue weighted by Gasteiger charge is 2.27. The first-order valence-corrected chi connectivity index (χ1v) is 6.02. The number of hydrogen-bond acceptors (Lipinski definition) is 2. The van der Waals surface area contributed by atoms with Gasteiger partial charge in [-0.1, -0.05) is 13.0 Å². The van der Waals surface area contributed by atoms with E-state index < -0.39 is 0 Å². The molecule has 0 fully saturated rings. The van der Waals surface area contributed by atoms with Crippen LogP contribution in [0.4, 0.5) is 5.69 Å². The minimum absolute atomic E-state index is 0.222. The Labute approximate surface area is 103 Å². The van der Waals surface area contributed by atoms with E-state index >= 15 is 0 Å². The second-order valence-electron chi connectivity index (χ2n) is 5.00. The van der Waals surface area contributed by atoms with Gasteiger partial charge in [-0.3, -0.25) is 0 Å². The molecule has 92 valence electrons. The Hall–Kier alpha value is -1.35. The van der Waals surface area contributed by atoms with Gasteiger partial charge in [0.25, 0.3) is 0 Å². The van der Waals surface area contributed by atoms with Crippen LogP contribution in [-0.4, -0.2) is 36.0 Å². The predicted molar refractivity (Wildman–Crippen MR) is 71.0 cm³/mol. The van der Waals surface area contributed by atoms with Crippen molar-refractivity contribution >= 4 is 11.5 Å². The van der Waals surface area contributed by atoms with Crippen LogP contribution in [0, 0.1) is 0 Å². The first kappa shape index (κ1) is 12.1.